The number of hydrogen-bond donors (Lipinski definition) is 1. The Morgan fingerprint density at radius 2 is 1.78 bits per heavy atom. The molecule has 0 radical (unpaired) electrons. The van der Waals surface area contributed by atoms with E-state index in [0.717, 1.165) is 12.1 Å². The number of nitrogens with zero attached hydrogens (tertiary/aromatic N) is 2. The van der Waals surface area contributed by atoms with Gasteiger partial charge in [0.1, 0.15) is 0 Å². The highest BCUT2D eigenvalue weighted by Crippen LogP contribution is 2.21. The fraction of sp³-hybridized carbons (Fsp3) is 1.00. The Labute approximate surface area is 112 Å². The van der Waals surface area contributed by atoms with Crippen LogP contribution in [0.1, 0.15) is 44.9 Å². The van der Waals surface area contributed by atoms with Crippen molar-refractivity contribution < 1.29 is 0 Å². The van der Waals surface area contributed by atoms with E-state index in [-0.39, 0.29) is 0 Å². The van der Waals surface area contributed by atoms with Crippen LogP contribution in [0.3, 0.4) is 0 Å². The monoisotopic (exact) mass is 251 g/mol. The quantitative estimate of drug-likeness (QED) is 0.823. The predicted octanol–water partition coefficient (Wildman–Crippen LogP) is 1.69. The predicted molar refractivity (Wildman–Crippen MR) is 75.9 cm³/mol. The zero-order valence-electron chi connectivity index (χ0n) is 11.7. The molecule has 0 spiro atoms. The van der Waals surface area contributed by atoms with Gasteiger partial charge in [-0.15, -0.1) is 0 Å². The Balaban J connectivity index is 1.42. The van der Waals surface area contributed by atoms with Crippen molar-refractivity contribution in [2.45, 2.75) is 57.0 Å². The Bertz CT molecular complexity index is 244. The Morgan fingerprint density at radius 1 is 0.889 bits per heavy atom. The molecule has 0 aromatic carbocycles. The van der Waals surface area contributed by atoms with Crippen molar-refractivity contribution >= 4 is 0 Å². The largest absolute Gasteiger partial charge is 0.313 e. The van der Waals surface area contributed by atoms with Crippen molar-refractivity contribution in [3.8, 4) is 0 Å². The van der Waals surface area contributed by atoms with Gasteiger partial charge >= 0.3 is 0 Å². The van der Waals surface area contributed by atoms with Gasteiger partial charge in [-0.1, -0.05) is 12.8 Å². The van der Waals surface area contributed by atoms with E-state index in [1.807, 2.05) is 0 Å². The third-order valence-corrected chi connectivity index (χ3v) is 5.05. The molecule has 0 saturated carbocycles. The summed E-state index contributed by atoms with van der Waals surface area (Å²) in [6.07, 6.45) is 9.94. The van der Waals surface area contributed by atoms with E-state index < -0.39 is 0 Å². The van der Waals surface area contributed by atoms with E-state index in [0.29, 0.717) is 0 Å². The van der Waals surface area contributed by atoms with Crippen LogP contribution in [0, 0.1) is 0 Å². The smallest absolute Gasteiger partial charge is 0.0235 e. The summed E-state index contributed by atoms with van der Waals surface area (Å²) in [7, 11) is 0. The molecule has 0 bridgehead atoms. The minimum absolute atomic E-state index is 0.777. The minimum atomic E-state index is 0.777. The van der Waals surface area contributed by atoms with Gasteiger partial charge < -0.3 is 10.2 Å². The highest BCUT2D eigenvalue weighted by atomic mass is 15.3. The van der Waals surface area contributed by atoms with Crippen molar-refractivity contribution in [1.82, 2.24) is 15.1 Å². The second-order valence-corrected chi connectivity index (χ2v) is 6.45. The lowest BCUT2D eigenvalue weighted by molar-refractivity contribution is 0.158. The van der Waals surface area contributed by atoms with Crippen molar-refractivity contribution in [2.75, 3.05) is 39.3 Å². The molecule has 3 heteroatoms. The van der Waals surface area contributed by atoms with Crippen molar-refractivity contribution in [3.05, 3.63) is 0 Å². The SMILES string of the molecule is C1CCN(C2CCN(CC3CCCCN3)C2)CC1. The molecule has 2 atom stereocenters. The summed E-state index contributed by atoms with van der Waals surface area (Å²) >= 11 is 0. The highest BCUT2D eigenvalue weighted by Gasteiger charge is 2.29. The van der Waals surface area contributed by atoms with Crippen LogP contribution in [0.2, 0.25) is 0 Å². The van der Waals surface area contributed by atoms with E-state index in [2.05, 4.69) is 15.1 Å². The van der Waals surface area contributed by atoms with Gasteiger partial charge in [-0.05, 0) is 58.3 Å². The molecule has 3 heterocycles. The average molecular weight is 251 g/mol. The molecule has 3 nitrogen and oxygen atoms in total. The van der Waals surface area contributed by atoms with Gasteiger partial charge in [-0.2, -0.15) is 0 Å². The van der Waals surface area contributed by atoms with Crippen LogP contribution < -0.4 is 5.32 Å². The molecule has 3 fully saturated rings. The molecule has 0 aliphatic carbocycles. The molecule has 0 amide bonds. The maximum absolute atomic E-state index is 3.69. The molecule has 0 aromatic rings. The summed E-state index contributed by atoms with van der Waals surface area (Å²) in [4.78, 5) is 5.47. The molecule has 3 rings (SSSR count). The van der Waals surface area contributed by atoms with Gasteiger partial charge in [-0.3, -0.25) is 4.90 Å². The van der Waals surface area contributed by atoms with Gasteiger partial charge in [-0.25, -0.2) is 0 Å². The second kappa shape index (κ2) is 6.36. The summed E-state index contributed by atoms with van der Waals surface area (Å²) in [5, 5.41) is 3.69. The fourth-order valence-electron chi connectivity index (χ4n) is 3.95. The fourth-order valence-corrected chi connectivity index (χ4v) is 3.95. The summed E-state index contributed by atoms with van der Waals surface area (Å²) in [5.41, 5.74) is 0. The van der Waals surface area contributed by atoms with Gasteiger partial charge in [0.25, 0.3) is 0 Å². The molecular weight excluding hydrogens is 222 g/mol. The normalized spacial score (nSPS) is 36.0. The molecule has 3 saturated heterocycles. The summed E-state index contributed by atoms with van der Waals surface area (Å²) in [6, 6.07) is 1.65. The van der Waals surface area contributed by atoms with Gasteiger partial charge in [0, 0.05) is 25.2 Å². The molecule has 2 unspecified atom stereocenters. The molecule has 1 N–H and O–H groups in total. The summed E-state index contributed by atoms with van der Waals surface area (Å²) < 4.78 is 0. The van der Waals surface area contributed by atoms with Gasteiger partial charge in [0.2, 0.25) is 0 Å². The van der Waals surface area contributed by atoms with Crippen LogP contribution in [0.25, 0.3) is 0 Å². The average Bonchev–Trinajstić information content (AvgIpc) is 2.89. The van der Waals surface area contributed by atoms with Crippen LogP contribution in [0.15, 0.2) is 0 Å². The number of piperidine rings is 2. The molecule has 18 heavy (non-hydrogen) atoms. The number of likely N-dealkylation sites (tertiary alicyclic amines) is 2. The highest BCUT2D eigenvalue weighted by molar-refractivity contribution is 4.87. The Kier molecular flexibility index (Phi) is 4.55. The van der Waals surface area contributed by atoms with Crippen LogP contribution in [0.4, 0.5) is 0 Å². The zero-order valence-corrected chi connectivity index (χ0v) is 11.7. The minimum Gasteiger partial charge on any atom is -0.313 e. The number of rotatable bonds is 3. The maximum Gasteiger partial charge on any atom is 0.0235 e. The molecule has 3 aliphatic rings. The summed E-state index contributed by atoms with van der Waals surface area (Å²) in [5.74, 6) is 0. The van der Waals surface area contributed by atoms with Gasteiger partial charge in [0.05, 0.1) is 0 Å². The molecule has 0 aromatic heterocycles. The molecule has 104 valence electrons. The van der Waals surface area contributed by atoms with E-state index in [1.54, 1.807) is 0 Å². The first-order valence-corrected chi connectivity index (χ1v) is 8.11. The molecular formula is C15H29N3. The van der Waals surface area contributed by atoms with Crippen molar-refractivity contribution in [3.63, 3.8) is 0 Å². The van der Waals surface area contributed by atoms with Crippen LogP contribution in [-0.2, 0) is 0 Å². The van der Waals surface area contributed by atoms with Crippen LogP contribution >= 0.6 is 0 Å². The second-order valence-electron chi connectivity index (χ2n) is 6.45. The first-order valence-electron chi connectivity index (χ1n) is 8.11. The third-order valence-electron chi connectivity index (χ3n) is 5.05. The molecule has 3 aliphatic heterocycles. The van der Waals surface area contributed by atoms with Gasteiger partial charge in [0.15, 0.2) is 0 Å². The Hall–Kier alpha value is -0.120. The van der Waals surface area contributed by atoms with Crippen LogP contribution in [-0.4, -0.2) is 61.2 Å². The van der Waals surface area contributed by atoms with E-state index in [4.69, 9.17) is 0 Å². The lowest BCUT2D eigenvalue weighted by Gasteiger charge is -2.33. The Morgan fingerprint density at radius 3 is 2.56 bits per heavy atom. The number of hydrogen-bond acceptors (Lipinski definition) is 3. The topological polar surface area (TPSA) is 18.5 Å². The van der Waals surface area contributed by atoms with E-state index in [9.17, 15) is 0 Å². The van der Waals surface area contributed by atoms with E-state index in [1.165, 1.54) is 84.2 Å². The maximum atomic E-state index is 3.69. The van der Waals surface area contributed by atoms with Crippen molar-refractivity contribution in [1.29, 1.82) is 0 Å². The van der Waals surface area contributed by atoms with Crippen molar-refractivity contribution in [2.24, 2.45) is 0 Å². The number of nitrogens with one attached hydrogen (secondary N) is 1. The van der Waals surface area contributed by atoms with Crippen LogP contribution in [0.5, 0.6) is 0 Å². The zero-order chi connectivity index (χ0) is 12.2. The first-order chi connectivity index (χ1) is 8.92. The summed E-state index contributed by atoms with van der Waals surface area (Å²) in [6.45, 7) is 7.93. The first kappa shape index (κ1) is 12.9. The standard InChI is InChI=1S/C15H29N3/c1-4-9-18(10-5-1)15-7-11-17(13-15)12-14-6-2-3-8-16-14/h14-16H,1-13H2. The third kappa shape index (κ3) is 3.25. The lowest BCUT2D eigenvalue weighted by Crippen LogP contribution is -2.45. The van der Waals surface area contributed by atoms with E-state index >= 15 is 0 Å². The lowest BCUT2D eigenvalue weighted by atomic mass is 10.0.